The van der Waals surface area contributed by atoms with Gasteiger partial charge in [-0.15, -0.1) is 0 Å². The summed E-state index contributed by atoms with van der Waals surface area (Å²) in [5, 5.41) is 5.96. The number of nitrogens with one attached hydrogen (secondary N) is 2. The van der Waals surface area contributed by atoms with E-state index in [1.165, 1.54) is 0 Å². The summed E-state index contributed by atoms with van der Waals surface area (Å²) in [5.74, 6) is 0.0677. The van der Waals surface area contributed by atoms with Crippen molar-refractivity contribution in [3.63, 3.8) is 0 Å². The second-order valence-electron chi connectivity index (χ2n) is 8.64. The second-order valence-corrected chi connectivity index (χ2v) is 9.55. The van der Waals surface area contributed by atoms with Gasteiger partial charge in [-0.2, -0.15) is 0 Å². The Labute approximate surface area is 209 Å². The van der Waals surface area contributed by atoms with Crippen LogP contribution in [0.1, 0.15) is 53.8 Å². The van der Waals surface area contributed by atoms with Crippen molar-refractivity contribution in [1.29, 1.82) is 0 Å². The monoisotopic (exact) mass is 529 g/mol. The lowest BCUT2D eigenvalue weighted by atomic mass is 9.88. The Morgan fingerprint density at radius 1 is 1.06 bits per heavy atom. The van der Waals surface area contributed by atoms with Gasteiger partial charge in [0, 0.05) is 34.7 Å². The Morgan fingerprint density at radius 2 is 1.74 bits per heavy atom. The van der Waals surface area contributed by atoms with Crippen LogP contribution >= 0.6 is 15.9 Å². The SMILES string of the molecule is CCC(C)NC(=O)C(NC(=O)c1ccc(OC)cc1)C1CCN(C(=O)c2cccc(Br)c2)CC1. The highest BCUT2D eigenvalue weighted by Gasteiger charge is 2.34. The molecule has 0 saturated carbocycles. The first kappa shape index (κ1) is 25.7. The molecule has 34 heavy (non-hydrogen) atoms. The molecule has 1 aliphatic rings. The van der Waals surface area contributed by atoms with Gasteiger partial charge in [-0.05, 0) is 74.6 Å². The number of carbonyl (C=O) groups excluding carboxylic acids is 3. The molecule has 0 aliphatic carbocycles. The second kappa shape index (κ2) is 12.0. The van der Waals surface area contributed by atoms with E-state index in [1.54, 1.807) is 37.4 Å². The lowest BCUT2D eigenvalue weighted by Gasteiger charge is -2.36. The minimum atomic E-state index is -0.674. The number of likely N-dealkylation sites (tertiary alicyclic amines) is 1. The molecule has 3 amide bonds. The van der Waals surface area contributed by atoms with E-state index >= 15 is 0 Å². The smallest absolute Gasteiger partial charge is 0.253 e. The fraction of sp³-hybridized carbons (Fsp3) is 0.423. The summed E-state index contributed by atoms with van der Waals surface area (Å²) < 4.78 is 6.01. The zero-order valence-electron chi connectivity index (χ0n) is 19.8. The zero-order valence-corrected chi connectivity index (χ0v) is 21.4. The summed E-state index contributed by atoms with van der Waals surface area (Å²) in [7, 11) is 1.57. The van der Waals surface area contributed by atoms with Gasteiger partial charge in [0.1, 0.15) is 11.8 Å². The summed E-state index contributed by atoms with van der Waals surface area (Å²) in [4.78, 5) is 40.8. The van der Waals surface area contributed by atoms with Crippen LogP contribution < -0.4 is 15.4 Å². The summed E-state index contributed by atoms with van der Waals surface area (Å²) in [5.41, 5.74) is 1.09. The number of nitrogens with zero attached hydrogens (tertiary/aromatic N) is 1. The minimum absolute atomic E-state index is 0.00563. The molecule has 1 aliphatic heterocycles. The van der Waals surface area contributed by atoms with Gasteiger partial charge in [0.05, 0.1) is 7.11 Å². The Bertz CT molecular complexity index is 1000. The molecular weight excluding hydrogens is 498 g/mol. The molecule has 1 fully saturated rings. The van der Waals surface area contributed by atoms with Crippen molar-refractivity contribution in [2.45, 2.75) is 45.2 Å². The summed E-state index contributed by atoms with van der Waals surface area (Å²) in [6.07, 6.45) is 2.05. The Kier molecular flexibility index (Phi) is 9.10. The quantitative estimate of drug-likeness (QED) is 0.540. The number of piperidine rings is 1. The van der Waals surface area contributed by atoms with E-state index in [-0.39, 0.29) is 29.7 Å². The molecule has 7 nitrogen and oxygen atoms in total. The van der Waals surface area contributed by atoms with Gasteiger partial charge < -0.3 is 20.3 Å². The molecule has 2 aromatic rings. The van der Waals surface area contributed by atoms with Crippen molar-refractivity contribution >= 4 is 33.7 Å². The number of carbonyl (C=O) groups is 3. The summed E-state index contributed by atoms with van der Waals surface area (Å²) in [6, 6.07) is 13.5. The van der Waals surface area contributed by atoms with Gasteiger partial charge in [-0.25, -0.2) is 0 Å². The van der Waals surface area contributed by atoms with Crippen LogP contribution in [0.5, 0.6) is 5.75 Å². The van der Waals surface area contributed by atoms with Crippen LogP contribution in [0.3, 0.4) is 0 Å². The van der Waals surface area contributed by atoms with E-state index in [4.69, 9.17) is 4.74 Å². The van der Waals surface area contributed by atoms with E-state index < -0.39 is 6.04 Å². The topological polar surface area (TPSA) is 87.7 Å². The predicted molar refractivity (Wildman–Crippen MR) is 135 cm³/mol. The van der Waals surface area contributed by atoms with Gasteiger partial charge in [0.2, 0.25) is 5.91 Å². The maximum atomic E-state index is 13.1. The molecule has 2 aromatic carbocycles. The van der Waals surface area contributed by atoms with Crippen LogP contribution in [0.2, 0.25) is 0 Å². The van der Waals surface area contributed by atoms with Crippen molar-refractivity contribution in [3.8, 4) is 5.75 Å². The van der Waals surface area contributed by atoms with Gasteiger partial charge in [0.25, 0.3) is 11.8 Å². The average Bonchev–Trinajstić information content (AvgIpc) is 2.86. The third-order valence-electron chi connectivity index (χ3n) is 6.29. The van der Waals surface area contributed by atoms with Crippen LogP contribution in [0.4, 0.5) is 0 Å². The highest BCUT2D eigenvalue weighted by atomic mass is 79.9. The van der Waals surface area contributed by atoms with Crippen LogP contribution in [0, 0.1) is 5.92 Å². The largest absolute Gasteiger partial charge is 0.497 e. The third kappa shape index (κ3) is 6.59. The van der Waals surface area contributed by atoms with Crippen molar-refractivity contribution in [2.24, 2.45) is 5.92 Å². The molecule has 1 heterocycles. The van der Waals surface area contributed by atoms with E-state index in [1.807, 2.05) is 36.9 Å². The van der Waals surface area contributed by atoms with Crippen LogP contribution in [-0.4, -0.2) is 54.9 Å². The molecule has 0 spiro atoms. The molecule has 2 unspecified atom stereocenters. The Morgan fingerprint density at radius 3 is 2.32 bits per heavy atom. The van der Waals surface area contributed by atoms with Gasteiger partial charge >= 0.3 is 0 Å². The molecule has 2 N–H and O–H groups in total. The molecule has 2 atom stereocenters. The fourth-order valence-electron chi connectivity index (χ4n) is 4.04. The van der Waals surface area contributed by atoms with Crippen molar-refractivity contribution in [2.75, 3.05) is 20.2 Å². The van der Waals surface area contributed by atoms with Crippen molar-refractivity contribution < 1.29 is 19.1 Å². The maximum Gasteiger partial charge on any atom is 0.253 e. The van der Waals surface area contributed by atoms with Crippen molar-refractivity contribution in [1.82, 2.24) is 15.5 Å². The van der Waals surface area contributed by atoms with Gasteiger partial charge in [-0.3, -0.25) is 14.4 Å². The molecule has 1 saturated heterocycles. The molecule has 0 radical (unpaired) electrons. The first-order valence-electron chi connectivity index (χ1n) is 11.6. The van der Waals surface area contributed by atoms with E-state index in [9.17, 15) is 14.4 Å². The number of hydrogen-bond donors (Lipinski definition) is 2. The normalized spacial score (nSPS) is 15.8. The lowest BCUT2D eigenvalue weighted by molar-refractivity contribution is -0.125. The Balaban J connectivity index is 1.70. The first-order valence-corrected chi connectivity index (χ1v) is 12.4. The summed E-state index contributed by atoms with van der Waals surface area (Å²) >= 11 is 3.41. The van der Waals surface area contributed by atoms with E-state index in [0.29, 0.717) is 42.8 Å². The highest BCUT2D eigenvalue weighted by molar-refractivity contribution is 9.10. The number of benzene rings is 2. The number of ether oxygens (including phenoxy) is 1. The summed E-state index contributed by atoms with van der Waals surface area (Å²) in [6.45, 7) is 5.00. The van der Waals surface area contributed by atoms with Gasteiger partial charge in [-0.1, -0.05) is 28.9 Å². The van der Waals surface area contributed by atoms with Crippen LogP contribution in [0.15, 0.2) is 53.0 Å². The fourth-order valence-corrected chi connectivity index (χ4v) is 4.44. The molecule has 0 bridgehead atoms. The number of methoxy groups -OCH3 is 1. The lowest BCUT2D eigenvalue weighted by Crippen LogP contribution is -2.55. The van der Waals surface area contributed by atoms with E-state index in [2.05, 4.69) is 26.6 Å². The molecule has 8 heteroatoms. The molecular formula is C26H32BrN3O4. The van der Waals surface area contributed by atoms with E-state index in [0.717, 1.165) is 10.9 Å². The number of amides is 3. The standard InChI is InChI=1S/C26H32BrN3O4/c1-4-17(2)28-25(32)23(29-24(31)19-8-10-22(34-3)11-9-19)18-12-14-30(15-13-18)26(33)20-6-5-7-21(27)16-20/h5-11,16-18,23H,4,12-15H2,1-3H3,(H,28,32)(H,29,31). The molecule has 0 aromatic heterocycles. The average molecular weight is 530 g/mol. The Hall–Kier alpha value is -2.87. The number of hydrogen-bond acceptors (Lipinski definition) is 4. The van der Waals surface area contributed by atoms with Crippen LogP contribution in [0.25, 0.3) is 0 Å². The van der Waals surface area contributed by atoms with Crippen LogP contribution in [-0.2, 0) is 4.79 Å². The minimum Gasteiger partial charge on any atom is -0.497 e. The molecule has 182 valence electrons. The zero-order chi connectivity index (χ0) is 24.7. The maximum absolute atomic E-state index is 13.1. The number of rotatable bonds is 8. The predicted octanol–water partition coefficient (Wildman–Crippen LogP) is 4.02. The number of halogens is 1. The van der Waals surface area contributed by atoms with Crippen molar-refractivity contribution in [3.05, 3.63) is 64.1 Å². The van der Waals surface area contributed by atoms with Gasteiger partial charge in [0.15, 0.2) is 0 Å². The highest BCUT2D eigenvalue weighted by Crippen LogP contribution is 2.24. The first-order chi connectivity index (χ1) is 16.3. The third-order valence-corrected chi connectivity index (χ3v) is 6.79. The molecule has 3 rings (SSSR count).